The Morgan fingerprint density at radius 2 is 2.62 bits per heavy atom. The number of ether oxygens (including phenoxy) is 1. The van der Waals surface area contributed by atoms with Crippen molar-refractivity contribution in [1.82, 2.24) is 9.55 Å². The van der Waals surface area contributed by atoms with E-state index in [9.17, 15) is 4.79 Å². The quantitative estimate of drug-likeness (QED) is 0.638. The van der Waals surface area contributed by atoms with E-state index in [4.69, 9.17) is 4.74 Å². The van der Waals surface area contributed by atoms with Crippen LogP contribution in [0.2, 0.25) is 0 Å². The van der Waals surface area contributed by atoms with Gasteiger partial charge in [0.1, 0.15) is 0 Å². The number of esters is 1. The zero-order valence-electron chi connectivity index (χ0n) is 7.62. The second kappa shape index (κ2) is 3.20. The summed E-state index contributed by atoms with van der Waals surface area (Å²) in [5.41, 5.74) is 1.14. The van der Waals surface area contributed by atoms with Crippen LogP contribution in [0.5, 0.6) is 0 Å². The SMILES string of the molecule is CCOC(=O)c1ncc2n1CCC2. The van der Waals surface area contributed by atoms with E-state index in [-0.39, 0.29) is 5.97 Å². The van der Waals surface area contributed by atoms with Gasteiger partial charge in [-0.2, -0.15) is 0 Å². The first-order valence-corrected chi connectivity index (χ1v) is 4.54. The minimum atomic E-state index is -0.310. The summed E-state index contributed by atoms with van der Waals surface area (Å²) >= 11 is 0. The fourth-order valence-electron chi connectivity index (χ4n) is 1.64. The molecule has 0 atom stereocenters. The number of rotatable bonds is 2. The number of carbonyl (C=O) groups excluding carboxylic acids is 1. The molecule has 0 amide bonds. The highest BCUT2D eigenvalue weighted by Gasteiger charge is 2.20. The molecule has 0 radical (unpaired) electrons. The van der Waals surface area contributed by atoms with Crippen molar-refractivity contribution in [3.8, 4) is 0 Å². The number of imidazole rings is 1. The molecule has 0 aliphatic carbocycles. The van der Waals surface area contributed by atoms with Crippen LogP contribution in [-0.2, 0) is 17.7 Å². The molecular formula is C9H12N2O2. The Kier molecular flexibility index (Phi) is 2.04. The van der Waals surface area contributed by atoms with Gasteiger partial charge in [-0.05, 0) is 19.8 Å². The summed E-state index contributed by atoms with van der Waals surface area (Å²) in [4.78, 5) is 15.4. The molecule has 0 spiro atoms. The van der Waals surface area contributed by atoms with Gasteiger partial charge in [0.25, 0.3) is 0 Å². The van der Waals surface area contributed by atoms with E-state index in [1.807, 2.05) is 4.57 Å². The molecule has 1 aromatic rings. The number of aromatic nitrogens is 2. The van der Waals surface area contributed by atoms with Crippen molar-refractivity contribution in [2.45, 2.75) is 26.3 Å². The average molecular weight is 180 g/mol. The minimum Gasteiger partial charge on any atom is -0.460 e. The van der Waals surface area contributed by atoms with Crippen LogP contribution in [0.25, 0.3) is 0 Å². The molecule has 13 heavy (non-hydrogen) atoms. The molecule has 0 N–H and O–H groups in total. The number of fused-ring (bicyclic) bond motifs is 1. The molecule has 0 fully saturated rings. The Morgan fingerprint density at radius 1 is 1.77 bits per heavy atom. The number of aryl methyl sites for hydroxylation is 1. The van der Waals surface area contributed by atoms with Gasteiger partial charge in [0.05, 0.1) is 6.61 Å². The van der Waals surface area contributed by atoms with Crippen LogP contribution >= 0.6 is 0 Å². The van der Waals surface area contributed by atoms with Gasteiger partial charge in [-0.25, -0.2) is 9.78 Å². The third-order valence-corrected chi connectivity index (χ3v) is 2.21. The first-order chi connectivity index (χ1) is 6.33. The highest BCUT2D eigenvalue weighted by atomic mass is 16.5. The highest BCUT2D eigenvalue weighted by molar-refractivity contribution is 5.85. The lowest BCUT2D eigenvalue weighted by molar-refractivity contribution is 0.0506. The molecule has 70 valence electrons. The number of hydrogen-bond donors (Lipinski definition) is 0. The summed E-state index contributed by atoms with van der Waals surface area (Å²) in [6.07, 6.45) is 3.88. The molecule has 2 rings (SSSR count). The van der Waals surface area contributed by atoms with Crippen LogP contribution in [-0.4, -0.2) is 22.1 Å². The van der Waals surface area contributed by atoms with Crippen LogP contribution < -0.4 is 0 Å². The molecule has 0 saturated carbocycles. The molecule has 1 aromatic heterocycles. The van der Waals surface area contributed by atoms with E-state index in [0.717, 1.165) is 25.1 Å². The van der Waals surface area contributed by atoms with Gasteiger partial charge in [-0.1, -0.05) is 0 Å². The fraction of sp³-hybridized carbons (Fsp3) is 0.556. The Labute approximate surface area is 76.5 Å². The first kappa shape index (κ1) is 8.29. The van der Waals surface area contributed by atoms with E-state index < -0.39 is 0 Å². The Morgan fingerprint density at radius 3 is 3.38 bits per heavy atom. The van der Waals surface area contributed by atoms with Crippen molar-refractivity contribution in [2.24, 2.45) is 0 Å². The summed E-state index contributed by atoms with van der Waals surface area (Å²) in [5.74, 6) is 0.144. The van der Waals surface area contributed by atoms with Gasteiger partial charge in [0, 0.05) is 18.4 Å². The topological polar surface area (TPSA) is 44.1 Å². The fourth-order valence-corrected chi connectivity index (χ4v) is 1.64. The van der Waals surface area contributed by atoms with E-state index in [2.05, 4.69) is 4.98 Å². The third-order valence-electron chi connectivity index (χ3n) is 2.21. The summed E-state index contributed by atoms with van der Waals surface area (Å²) < 4.78 is 6.83. The highest BCUT2D eigenvalue weighted by Crippen LogP contribution is 2.16. The molecule has 4 heteroatoms. The lowest BCUT2D eigenvalue weighted by Crippen LogP contribution is -2.12. The first-order valence-electron chi connectivity index (χ1n) is 4.54. The molecule has 1 aliphatic rings. The molecular weight excluding hydrogens is 168 g/mol. The smallest absolute Gasteiger partial charge is 0.374 e. The van der Waals surface area contributed by atoms with Crippen molar-refractivity contribution in [3.63, 3.8) is 0 Å². The Bertz CT molecular complexity index is 330. The zero-order valence-corrected chi connectivity index (χ0v) is 7.62. The second-order valence-corrected chi connectivity index (χ2v) is 3.05. The van der Waals surface area contributed by atoms with E-state index in [1.54, 1.807) is 13.1 Å². The van der Waals surface area contributed by atoms with Crippen LogP contribution in [0.1, 0.15) is 29.7 Å². The summed E-state index contributed by atoms with van der Waals surface area (Å²) in [7, 11) is 0. The van der Waals surface area contributed by atoms with Crippen molar-refractivity contribution in [2.75, 3.05) is 6.61 Å². The maximum Gasteiger partial charge on any atom is 0.374 e. The molecule has 2 heterocycles. The lowest BCUT2D eigenvalue weighted by Gasteiger charge is -2.02. The van der Waals surface area contributed by atoms with Gasteiger partial charge < -0.3 is 9.30 Å². The zero-order chi connectivity index (χ0) is 9.26. The molecule has 0 aromatic carbocycles. The number of carbonyl (C=O) groups is 1. The van der Waals surface area contributed by atoms with Crippen molar-refractivity contribution >= 4 is 5.97 Å². The average Bonchev–Trinajstić information content (AvgIpc) is 2.62. The van der Waals surface area contributed by atoms with Crippen LogP contribution in [0.4, 0.5) is 0 Å². The van der Waals surface area contributed by atoms with Gasteiger partial charge in [0.15, 0.2) is 0 Å². The van der Waals surface area contributed by atoms with E-state index in [1.165, 1.54) is 0 Å². The predicted molar refractivity (Wildman–Crippen MR) is 46.5 cm³/mol. The standard InChI is InChI=1S/C9H12N2O2/c1-2-13-9(12)8-10-6-7-4-3-5-11(7)8/h6H,2-5H2,1H3. The predicted octanol–water partition coefficient (Wildman–Crippen LogP) is 1.01. The molecule has 0 unspecified atom stereocenters. The van der Waals surface area contributed by atoms with Gasteiger partial charge >= 0.3 is 5.97 Å². The molecule has 4 nitrogen and oxygen atoms in total. The van der Waals surface area contributed by atoms with Crippen LogP contribution in [0.15, 0.2) is 6.20 Å². The monoisotopic (exact) mass is 180 g/mol. The molecule has 1 aliphatic heterocycles. The van der Waals surface area contributed by atoms with E-state index in [0.29, 0.717) is 12.4 Å². The van der Waals surface area contributed by atoms with Gasteiger partial charge in [0.2, 0.25) is 5.82 Å². The summed E-state index contributed by atoms with van der Waals surface area (Å²) in [6.45, 7) is 3.09. The molecule has 0 bridgehead atoms. The summed E-state index contributed by atoms with van der Waals surface area (Å²) in [5, 5.41) is 0. The molecule has 0 saturated heterocycles. The van der Waals surface area contributed by atoms with E-state index >= 15 is 0 Å². The maximum absolute atomic E-state index is 11.4. The normalized spacial score (nSPS) is 14.2. The van der Waals surface area contributed by atoms with Gasteiger partial charge in [-0.3, -0.25) is 0 Å². The summed E-state index contributed by atoms with van der Waals surface area (Å²) in [6, 6.07) is 0. The van der Waals surface area contributed by atoms with Crippen LogP contribution in [0.3, 0.4) is 0 Å². The van der Waals surface area contributed by atoms with Gasteiger partial charge in [-0.15, -0.1) is 0 Å². The number of nitrogens with zero attached hydrogens (tertiary/aromatic N) is 2. The minimum absolute atomic E-state index is 0.310. The lowest BCUT2D eigenvalue weighted by atomic mass is 10.3. The third kappa shape index (κ3) is 1.32. The van der Waals surface area contributed by atoms with Crippen molar-refractivity contribution in [3.05, 3.63) is 17.7 Å². The Balaban J connectivity index is 2.26. The second-order valence-electron chi connectivity index (χ2n) is 3.05. The Hall–Kier alpha value is -1.32. The van der Waals surface area contributed by atoms with Crippen molar-refractivity contribution < 1.29 is 9.53 Å². The van der Waals surface area contributed by atoms with Crippen molar-refractivity contribution in [1.29, 1.82) is 0 Å². The van der Waals surface area contributed by atoms with Crippen LogP contribution in [0, 0.1) is 0 Å². The largest absolute Gasteiger partial charge is 0.460 e. The maximum atomic E-state index is 11.4. The number of hydrogen-bond acceptors (Lipinski definition) is 3.